The van der Waals surface area contributed by atoms with Crippen LogP contribution in [-0.2, 0) is 0 Å². The Morgan fingerprint density at radius 1 is 0.688 bits per heavy atom. The lowest BCUT2D eigenvalue weighted by Crippen LogP contribution is -2.23. The van der Waals surface area contributed by atoms with E-state index in [0.717, 1.165) is 0 Å². The first-order valence-corrected chi connectivity index (χ1v) is 8.66. The van der Waals surface area contributed by atoms with Gasteiger partial charge in [0.15, 0.2) is 0 Å². The third kappa shape index (κ3) is 11.2. The van der Waals surface area contributed by atoms with Crippen LogP contribution in [0.1, 0.15) is 65.2 Å². The Labute approximate surface area is 117 Å². The molecule has 0 saturated heterocycles. The SMILES string of the molecule is CCN(CC)CCCCCCCCCCI. The van der Waals surface area contributed by atoms with Gasteiger partial charge < -0.3 is 4.90 Å². The van der Waals surface area contributed by atoms with Crippen molar-refractivity contribution >= 4 is 22.6 Å². The highest BCUT2D eigenvalue weighted by atomic mass is 127. The second-order valence-electron chi connectivity index (χ2n) is 4.54. The Morgan fingerprint density at radius 3 is 1.56 bits per heavy atom. The highest BCUT2D eigenvalue weighted by molar-refractivity contribution is 14.1. The van der Waals surface area contributed by atoms with Crippen molar-refractivity contribution in [3.8, 4) is 0 Å². The second kappa shape index (κ2) is 13.8. The summed E-state index contributed by atoms with van der Waals surface area (Å²) in [5, 5.41) is 0. The largest absolute Gasteiger partial charge is 0.304 e. The van der Waals surface area contributed by atoms with Crippen molar-refractivity contribution in [2.75, 3.05) is 24.1 Å². The minimum atomic E-state index is 1.22. The van der Waals surface area contributed by atoms with Gasteiger partial charge in [0.05, 0.1) is 0 Å². The molecule has 0 aromatic carbocycles. The van der Waals surface area contributed by atoms with Gasteiger partial charge in [0, 0.05) is 0 Å². The molecule has 0 atom stereocenters. The quantitative estimate of drug-likeness (QED) is 0.278. The lowest BCUT2D eigenvalue weighted by molar-refractivity contribution is 0.295. The molecule has 0 saturated carbocycles. The maximum Gasteiger partial charge on any atom is -0.000473 e. The first kappa shape index (κ1) is 16.7. The fourth-order valence-electron chi connectivity index (χ4n) is 2.03. The molecule has 0 amide bonds. The van der Waals surface area contributed by atoms with Crippen LogP contribution in [0.25, 0.3) is 0 Å². The molecule has 0 rings (SSSR count). The van der Waals surface area contributed by atoms with Gasteiger partial charge in [-0.15, -0.1) is 0 Å². The van der Waals surface area contributed by atoms with Crippen molar-refractivity contribution in [1.82, 2.24) is 4.90 Å². The summed E-state index contributed by atoms with van der Waals surface area (Å²) < 4.78 is 1.33. The predicted molar refractivity (Wildman–Crippen MR) is 83.6 cm³/mol. The van der Waals surface area contributed by atoms with Crippen molar-refractivity contribution in [2.45, 2.75) is 65.2 Å². The number of hydrogen-bond acceptors (Lipinski definition) is 1. The van der Waals surface area contributed by atoms with Crippen LogP contribution in [-0.4, -0.2) is 29.0 Å². The molecule has 0 aromatic rings. The van der Waals surface area contributed by atoms with E-state index < -0.39 is 0 Å². The minimum absolute atomic E-state index is 1.22. The summed E-state index contributed by atoms with van der Waals surface area (Å²) in [6.07, 6.45) is 11.5. The average Bonchev–Trinajstić information content (AvgIpc) is 2.32. The third-order valence-electron chi connectivity index (χ3n) is 3.25. The molecule has 0 fully saturated rings. The van der Waals surface area contributed by atoms with E-state index >= 15 is 0 Å². The van der Waals surface area contributed by atoms with Gasteiger partial charge >= 0.3 is 0 Å². The standard InChI is InChI=1S/C14H30IN/c1-3-16(4-2)14-12-10-8-6-5-7-9-11-13-15/h3-14H2,1-2H3. The molecule has 98 valence electrons. The van der Waals surface area contributed by atoms with Crippen LogP contribution in [0.2, 0.25) is 0 Å². The van der Waals surface area contributed by atoms with Crippen molar-refractivity contribution in [3.63, 3.8) is 0 Å². The van der Waals surface area contributed by atoms with Gasteiger partial charge in [0.25, 0.3) is 0 Å². The van der Waals surface area contributed by atoms with Crippen LogP contribution in [0.4, 0.5) is 0 Å². The molecule has 0 aromatic heterocycles. The first-order chi connectivity index (χ1) is 7.85. The van der Waals surface area contributed by atoms with Crippen LogP contribution >= 0.6 is 22.6 Å². The average molecular weight is 339 g/mol. The van der Waals surface area contributed by atoms with Gasteiger partial charge in [-0.05, 0) is 36.9 Å². The van der Waals surface area contributed by atoms with Crippen molar-refractivity contribution < 1.29 is 0 Å². The maximum atomic E-state index is 2.53. The summed E-state index contributed by atoms with van der Waals surface area (Å²) in [7, 11) is 0. The topological polar surface area (TPSA) is 3.24 Å². The summed E-state index contributed by atoms with van der Waals surface area (Å²) in [4.78, 5) is 2.53. The van der Waals surface area contributed by atoms with E-state index in [4.69, 9.17) is 0 Å². The Balaban J connectivity index is 3.03. The number of nitrogens with zero attached hydrogens (tertiary/aromatic N) is 1. The molecule has 0 radical (unpaired) electrons. The molecular weight excluding hydrogens is 309 g/mol. The van der Waals surface area contributed by atoms with Crippen LogP contribution in [0.15, 0.2) is 0 Å². The van der Waals surface area contributed by atoms with Crippen molar-refractivity contribution in [1.29, 1.82) is 0 Å². The minimum Gasteiger partial charge on any atom is -0.304 e. The highest BCUT2D eigenvalue weighted by Gasteiger charge is 1.97. The van der Waals surface area contributed by atoms with E-state index in [1.54, 1.807) is 0 Å². The maximum absolute atomic E-state index is 2.53. The van der Waals surface area contributed by atoms with E-state index in [1.165, 1.54) is 75.4 Å². The molecule has 1 nitrogen and oxygen atoms in total. The fraction of sp³-hybridized carbons (Fsp3) is 1.00. The molecule has 0 N–H and O–H groups in total. The number of unbranched alkanes of at least 4 members (excludes halogenated alkanes) is 7. The summed E-state index contributed by atoms with van der Waals surface area (Å²) in [5.74, 6) is 0. The van der Waals surface area contributed by atoms with Crippen LogP contribution in [0.3, 0.4) is 0 Å². The molecule has 0 aliphatic rings. The Kier molecular flexibility index (Phi) is 14.3. The third-order valence-corrected chi connectivity index (χ3v) is 4.02. The zero-order chi connectivity index (χ0) is 12.1. The van der Waals surface area contributed by atoms with Gasteiger partial charge in [-0.2, -0.15) is 0 Å². The summed E-state index contributed by atoms with van der Waals surface area (Å²) in [6, 6.07) is 0. The molecule has 0 unspecified atom stereocenters. The molecule has 2 heteroatoms. The Hall–Kier alpha value is 0.690. The van der Waals surface area contributed by atoms with E-state index in [9.17, 15) is 0 Å². The van der Waals surface area contributed by atoms with Gasteiger partial charge in [0.2, 0.25) is 0 Å². The van der Waals surface area contributed by atoms with Gasteiger partial charge in [-0.3, -0.25) is 0 Å². The number of rotatable bonds is 12. The van der Waals surface area contributed by atoms with Gasteiger partial charge in [-0.25, -0.2) is 0 Å². The van der Waals surface area contributed by atoms with Gasteiger partial charge in [-0.1, -0.05) is 75.0 Å². The van der Waals surface area contributed by atoms with Crippen LogP contribution in [0, 0.1) is 0 Å². The Bertz CT molecular complexity index is 124. The number of alkyl halides is 1. The van der Waals surface area contributed by atoms with E-state index in [2.05, 4.69) is 41.3 Å². The van der Waals surface area contributed by atoms with Crippen LogP contribution < -0.4 is 0 Å². The molecule has 0 aliphatic heterocycles. The molecule has 0 aliphatic carbocycles. The highest BCUT2D eigenvalue weighted by Crippen LogP contribution is 2.09. The van der Waals surface area contributed by atoms with Crippen LogP contribution in [0.5, 0.6) is 0 Å². The second-order valence-corrected chi connectivity index (χ2v) is 5.62. The van der Waals surface area contributed by atoms with E-state index in [0.29, 0.717) is 0 Å². The smallest absolute Gasteiger partial charge is 0.000473 e. The Morgan fingerprint density at radius 2 is 1.12 bits per heavy atom. The van der Waals surface area contributed by atoms with E-state index in [1.807, 2.05) is 0 Å². The van der Waals surface area contributed by atoms with Gasteiger partial charge in [0.1, 0.15) is 0 Å². The zero-order valence-corrected chi connectivity index (χ0v) is 13.5. The molecule has 0 spiro atoms. The molecular formula is C14H30IN. The summed E-state index contributed by atoms with van der Waals surface area (Å²) >= 11 is 2.48. The summed E-state index contributed by atoms with van der Waals surface area (Å²) in [6.45, 7) is 8.26. The molecule has 0 bridgehead atoms. The van der Waals surface area contributed by atoms with Crippen molar-refractivity contribution in [2.24, 2.45) is 0 Å². The predicted octanol–water partition coefficient (Wildman–Crippen LogP) is 4.88. The normalized spacial score (nSPS) is 11.2. The number of hydrogen-bond donors (Lipinski definition) is 0. The first-order valence-electron chi connectivity index (χ1n) is 7.13. The fourth-order valence-corrected chi connectivity index (χ4v) is 2.57. The summed E-state index contributed by atoms with van der Waals surface area (Å²) in [5.41, 5.74) is 0. The molecule has 0 heterocycles. The zero-order valence-electron chi connectivity index (χ0n) is 11.3. The monoisotopic (exact) mass is 339 g/mol. The lowest BCUT2D eigenvalue weighted by atomic mass is 10.1. The lowest BCUT2D eigenvalue weighted by Gasteiger charge is -2.17. The van der Waals surface area contributed by atoms with E-state index in [-0.39, 0.29) is 0 Å². The molecule has 16 heavy (non-hydrogen) atoms. The van der Waals surface area contributed by atoms with Crippen molar-refractivity contribution in [3.05, 3.63) is 0 Å². The number of halogens is 1.